The molecule has 232 valence electrons. The van der Waals surface area contributed by atoms with E-state index in [-0.39, 0.29) is 34.7 Å². The zero-order valence-electron chi connectivity index (χ0n) is 24.4. The van der Waals surface area contributed by atoms with Crippen LogP contribution in [0.1, 0.15) is 53.3 Å². The van der Waals surface area contributed by atoms with Gasteiger partial charge in [0.15, 0.2) is 12.3 Å². The molecule has 0 unspecified atom stereocenters. The third-order valence-corrected chi connectivity index (χ3v) is 6.65. The molecule has 2 aliphatic rings. The second-order valence-corrected chi connectivity index (χ2v) is 10.8. The average Bonchev–Trinajstić information content (AvgIpc) is 3.36. The van der Waals surface area contributed by atoms with E-state index in [9.17, 15) is 29.1 Å². The lowest BCUT2D eigenvalue weighted by atomic mass is 9.96. The van der Waals surface area contributed by atoms with E-state index < -0.39 is 72.6 Å². The van der Waals surface area contributed by atoms with Crippen molar-refractivity contribution >= 4 is 52.5 Å². The Bertz CT molecular complexity index is 1480. The van der Waals surface area contributed by atoms with Crippen LogP contribution in [0.4, 0.5) is 10.6 Å². The normalized spacial score (nSPS) is 23.0. The van der Waals surface area contributed by atoms with Crippen molar-refractivity contribution in [2.45, 2.75) is 65.6 Å². The molecule has 3 N–H and O–H groups in total. The van der Waals surface area contributed by atoms with Gasteiger partial charge in [0.2, 0.25) is 6.79 Å². The van der Waals surface area contributed by atoms with Gasteiger partial charge in [-0.3, -0.25) is 24.5 Å². The number of nitrogens with one attached hydrogen (secondary N) is 2. The van der Waals surface area contributed by atoms with Gasteiger partial charge >= 0.3 is 24.0 Å². The number of aromatic nitrogens is 3. The molecule has 2 aliphatic heterocycles. The van der Waals surface area contributed by atoms with Crippen LogP contribution in [0.2, 0.25) is 0 Å². The molecule has 0 radical (unpaired) electrons. The number of nitrogens with zero attached hydrogens (tertiary/aromatic N) is 3. The van der Waals surface area contributed by atoms with Crippen molar-refractivity contribution < 1.29 is 52.8 Å². The highest BCUT2D eigenvalue weighted by atomic mass is 16.7. The molecular weight excluding hydrogens is 570 g/mol. The van der Waals surface area contributed by atoms with Crippen LogP contribution in [0.3, 0.4) is 0 Å². The van der Waals surface area contributed by atoms with E-state index in [1.54, 1.807) is 27.7 Å². The molecule has 43 heavy (non-hydrogen) atoms. The molecule has 2 aromatic rings. The van der Waals surface area contributed by atoms with Crippen LogP contribution < -0.4 is 10.6 Å². The number of ether oxygens (including phenoxy) is 5. The maximum Gasteiger partial charge on any atom is 0.414 e. The van der Waals surface area contributed by atoms with Crippen molar-refractivity contribution in [3.63, 3.8) is 0 Å². The minimum absolute atomic E-state index is 0.0227. The number of hydrogen-bond donors (Lipinski definition) is 3. The van der Waals surface area contributed by atoms with E-state index in [2.05, 4.69) is 25.3 Å². The molecule has 0 aliphatic carbocycles. The van der Waals surface area contributed by atoms with Crippen LogP contribution in [0.25, 0.3) is 16.7 Å². The molecule has 4 atom stereocenters. The first kappa shape index (κ1) is 31.4. The van der Waals surface area contributed by atoms with Gasteiger partial charge in [0, 0.05) is 24.8 Å². The Balaban J connectivity index is 1.74. The number of alkyl carbamates (subject to hydrolysis) is 1. The van der Waals surface area contributed by atoms with Crippen molar-refractivity contribution in [2.75, 3.05) is 18.7 Å². The first-order chi connectivity index (χ1) is 20.2. The summed E-state index contributed by atoms with van der Waals surface area (Å²) in [6, 6.07) is 0. The molecule has 16 heteroatoms. The predicted molar refractivity (Wildman–Crippen MR) is 145 cm³/mol. The number of aliphatic hydroxyl groups is 1. The molecule has 1 fully saturated rings. The number of rotatable bonds is 9. The number of carbonyl (C=O) groups is 5. The number of anilines is 1. The molecular formula is C27H33N5O11. The van der Waals surface area contributed by atoms with Crippen molar-refractivity contribution in [3.8, 4) is 0 Å². The van der Waals surface area contributed by atoms with E-state index in [4.69, 9.17) is 18.9 Å². The van der Waals surface area contributed by atoms with E-state index >= 15 is 0 Å². The Morgan fingerprint density at radius 3 is 2.47 bits per heavy atom. The van der Waals surface area contributed by atoms with Gasteiger partial charge in [-0.2, -0.15) is 0 Å². The van der Waals surface area contributed by atoms with Gasteiger partial charge in [-0.05, 0) is 6.92 Å². The molecule has 4 rings (SSSR count). The van der Waals surface area contributed by atoms with Gasteiger partial charge in [-0.1, -0.05) is 27.7 Å². The highest BCUT2D eigenvalue weighted by molar-refractivity contribution is 6.14. The first-order valence-corrected chi connectivity index (χ1v) is 13.4. The highest BCUT2D eigenvalue weighted by Gasteiger charge is 2.57. The molecule has 0 bridgehead atoms. The lowest BCUT2D eigenvalue weighted by Gasteiger charge is -2.30. The molecule has 1 saturated heterocycles. The highest BCUT2D eigenvalue weighted by Crippen LogP contribution is 2.44. The van der Waals surface area contributed by atoms with Crippen LogP contribution >= 0.6 is 0 Å². The summed E-state index contributed by atoms with van der Waals surface area (Å²) in [5, 5.41) is 17.1. The van der Waals surface area contributed by atoms with Gasteiger partial charge in [-0.15, -0.1) is 0 Å². The Labute approximate surface area is 245 Å². The molecule has 0 saturated carbocycles. The summed E-state index contributed by atoms with van der Waals surface area (Å²) in [6.07, 6.45) is -0.875. The summed E-state index contributed by atoms with van der Waals surface area (Å²) in [4.78, 5) is 69.3. The third-order valence-electron chi connectivity index (χ3n) is 6.65. The number of amides is 2. The SMILES string of the molecule is CC(=O)OCOC(=O)NC1=CC(=O)Nc2ncnc3c2c1cn3[C@@H]1O[C@H](COC(=O)C(C)C)[C@@H](OC(=O)C(C)C)[C@@]1(C)O. The second-order valence-electron chi connectivity index (χ2n) is 10.8. The van der Waals surface area contributed by atoms with Gasteiger partial charge < -0.3 is 38.7 Å². The van der Waals surface area contributed by atoms with Crippen LogP contribution in [0.5, 0.6) is 0 Å². The quantitative estimate of drug-likeness (QED) is 0.211. The van der Waals surface area contributed by atoms with E-state index in [0.717, 1.165) is 13.0 Å². The summed E-state index contributed by atoms with van der Waals surface area (Å²) < 4.78 is 28.1. The summed E-state index contributed by atoms with van der Waals surface area (Å²) in [5.41, 5.74) is -1.48. The van der Waals surface area contributed by atoms with E-state index in [1.165, 1.54) is 24.0 Å². The van der Waals surface area contributed by atoms with Crippen molar-refractivity contribution in [3.05, 3.63) is 24.2 Å². The van der Waals surface area contributed by atoms with Crippen LogP contribution in [0, 0.1) is 11.8 Å². The maximum atomic E-state index is 12.6. The Hall–Kier alpha value is -4.57. The fourth-order valence-electron chi connectivity index (χ4n) is 4.49. The van der Waals surface area contributed by atoms with Gasteiger partial charge in [0.25, 0.3) is 5.91 Å². The number of carbonyl (C=O) groups excluding carboxylic acids is 5. The van der Waals surface area contributed by atoms with Crippen LogP contribution in [0.15, 0.2) is 18.6 Å². The maximum absolute atomic E-state index is 12.6. The number of hydrogen-bond acceptors (Lipinski definition) is 13. The molecule has 2 aromatic heterocycles. The van der Waals surface area contributed by atoms with Gasteiger partial charge in [0.05, 0.1) is 22.9 Å². The van der Waals surface area contributed by atoms with Crippen molar-refractivity contribution in [1.29, 1.82) is 0 Å². The topological polar surface area (TPSA) is 206 Å². The van der Waals surface area contributed by atoms with Crippen LogP contribution in [-0.2, 0) is 42.9 Å². The van der Waals surface area contributed by atoms with Crippen molar-refractivity contribution in [1.82, 2.24) is 19.9 Å². The van der Waals surface area contributed by atoms with E-state index in [1.807, 2.05) is 0 Å². The number of esters is 3. The van der Waals surface area contributed by atoms with E-state index in [0.29, 0.717) is 0 Å². The first-order valence-electron chi connectivity index (χ1n) is 13.4. The fourth-order valence-corrected chi connectivity index (χ4v) is 4.49. The van der Waals surface area contributed by atoms with Crippen LogP contribution in [-0.4, -0.2) is 80.8 Å². The Kier molecular flexibility index (Phi) is 9.01. The monoisotopic (exact) mass is 603 g/mol. The smallest absolute Gasteiger partial charge is 0.414 e. The lowest BCUT2D eigenvalue weighted by Crippen LogP contribution is -2.48. The largest absolute Gasteiger partial charge is 0.463 e. The zero-order chi connectivity index (χ0) is 31.6. The molecule has 16 nitrogen and oxygen atoms in total. The lowest BCUT2D eigenvalue weighted by molar-refractivity contribution is -0.169. The Morgan fingerprint density at radius 1 is 1.12 bits per heavy atom. The second kappa shape index (κ2) is 12.3. The van der Waals surface area contributed by atoms with Crippen molar-refractivity contribution in [2.24, 2.45) is 11.8 Å². The molecule has 0 spiro atoms. The standard InChI is InChI=1S/C27H33N5O11/c1-12(2)23(35)39-9-17-20(43-24(36)13(3)4)27(6,38)25(42-17)32-8-15-16(30-26(37)41-11-40-14(5)33)7-18(34)31-21-19(15)22(32)29-10-28-21/h7-8,10,12-13,17,20,25,38H,9,11H2,1-6H3,(H,30,37)(H,28,29,31,34)/t17-,20-,25-,27-/m1/s1. The minimum atomic E-state index is -1.89. The fraction of sp³-hybridized carbons (Fsp3) is 0.519. The zero-order valence-corrected chi connectivity index (χ0v) is 24.4. The summed E-state index contributed by atoms with van der Waals surface area (Å²) in [7, 11) is 0. The molecule has 2 amide bonds. The van der Waals surface area contributed by atoms with Gasteiger partial charge in [0.1, 0.15) is 36.1 Å². The predicted octanol–water partition coefficient (Wildman–Crippen LogP) is 1.39. The Morgan fingerprint density at radius 2 is 1.81 bits per heavy atom. The average molecular weight is 604 g/mol. The summed E-state index contributed by atoms with van der Waals surface area (Å²) in [6.45, 7) is 8.15. The molecule has 0 aromatic carbocycles. The summed E-state index contributed by atoms with van der Waals surface area (Å²) >= 11 is 0. The van der Waals surface area contributed by atoms with Gasteiger partial charge in [-0.25, -0.2) is 14.8 Å². The minimum Gasteiger partial charge on any atom is -0.463 e. The summed E-state index contributed by atoms with van der Waals surface area (Å²) in [5.74, 6) is -3.24. The third kappa shape index (κ3) is 6.59. The molecule has 4 heterocycles.